The number of rotatable bonds is 8. The average Bonchev–Trinajstić information content (AvgIpc) is 3.61. The van der Waals surface area contributed by atoms with E-state index in [1.54, 1.807) is 24.4 Å². The molecule has 208 valence electrons. The molecule has 0 radical (unpaired) electrons. The van der Waals surface area contributed by atoms with Gasteiger partial charge in [-0.1, -0.05) is 77.3 Å². The number of amides is 1. The fourth-order valence-corrected chi connectivity index (χ4v) is 5.65. The maximum Gasteiger partial charge on any atom is 0.271 e. The van der Waals surface area contributed by atoms with Gasteiger partial charge in [0.15, 0.2) is 5.13 Å². The number of nitrogens with zero attached hydrogens (tertiary/aromatic N) is 3. The van der Waals surface area contributed by atoms with Crippen molar-refractivity contribution in [1.29, 1.82) is 0 Å². The summed E-state index contributed by atoms with van der Waals surface area (Å²) in [5.41, 5.74) is 10.1. The van der Waals surface area contributed by atoms with Crippen molar-refractivity contribution in [2.24, 2.45) is 5.10 Å². The molecule has 6 rings (SSSR count). The summed E-state index contributed by atoms with van der Waals surface area (Å²) in [6, 6.07) is 29.2. The molecule has 0 aliphatic rings. The fourth-order valence-electron chi connectivity index (χ4n) is 4.59. The van der Waals surface area contributed by atoms with Crippen molar-refractivity contribution in [3.63, 3.8) is 0 Å². The molecule has 2 heterocycles. The maximum absolute atomic E-state index is 12.8. The van der Waals surface area contributed by atoms with Gasteiger partial charge in [0.2, 0.25) is 0 Å². The minimum atomic E-state index is -0.294. The van der Waals surface area contributed by atoms with Gasteiger partial charge in [-0.05, 0) is 55.0 Å². The molecule has 0 atom stereocenters. The Morgan fingerprint density at radius 1 is 0.976 bits per heavy atom. The molecular weight excluding hydrogens is 585 g/mol. The number of hydrazone groups is 1. The first-order chi connectivity index (χ1) is 20.4. The van der Waals surface area contributed by atoms with E-state index in [2.05, 4.69) is 44.5 Å². The second-order valence-electron chi connectivity index (χ2n) is 9.78. The lowest BCUT2D eigenvalue weighted by molar-refractivity contribution is 0.0955. The minimum Gasteiger partial charge on any atom is -0.342 e. The third-order valence-corrected chi connectivity index (χ3v) is 8.27. The van der Waals surface area contributed by atoms with Crippen LogP contribution in [0.3, 0.4) is 0 Å². The molecule has 0 fully saturated rings. The Morgan fingerprint density at radius 3 is 2.55 bits per heavy atom. The van der Waals surface area contributed by atoms with Gasteiger partial charge in [-0.15, -0.1) is 11.3 Å². The van der Waals surface area contributed by atoms with Gasteiger partial charge in [-0.2, -0.15) is 5.10 Å². The highest BCUT2D eigenvalue weighted by atomic mass is 35.5. The number of halogens is 2. The molecule has 0 aliphatic carbocycles. The van der Waals surface area contributed by atoms with Gasteiger partial charge in [-0.3, -0.25) is 4.79 Å². The molecule has 9 heteroatoms. The van der Waals surface area contributed by atoms with Crippen LogP contribution in [0, 0.1) is 6.92 Å². The molecule has 1 amide bonds. The van der Waals surface area contributed by atoms with Crippen molar-refractivity contribution in [2.45, 2.75) is 13.5 Å². The van der Waals surface area contributed by atoms with Crippen LogP contribution in [0.15, 0.2) is 108 Å². The van der Waals surface area contributed by atoms with Crippen molar-refractivity contribution in [2.75, 3.05) is 5.32 Å². The number of carbonyl (C=O) groups is 1. The Balaban J connectivity index is 1.11. The van der Waals surface area contributed by atoms with E-state index in [0.717, 1.165) is 44.1 Å². The molecule has 6 nitrogen and oxygen atoms in total. The summed E-state index contributed by atoms with van der Waals surface area (Å²) in [5, 5.41) is 12.5. The predicted molar refractivity (Wildman–Crippen MR) is 175 cm³/mol. The van der Waals surface area contributed by atoms with Crippen LogP contribution in [0.1, 0.15) is 27.0 Å². The predicted octanol–water partition coefficient (Wildman–Crippen LogP) is 8.94. The third kappa shape index (κ3) is 6.24. The maximum atomic E-state index is 12.8. The van der Waals surface area contributed by atoms with Crippen molar-refractivity contribution in [1.82, 2.24) is 15.0 Å². The van der Waals surface area contributed by atoms with E-state index >= 15 is 0 Å². The zero-order valence-electron chi connectivity index (χ0n) is 22.5. The molecule has 2 N–H and O–H groups in total. The van der Waals surface area contributed by atoms with E-state index in [0.29, 0.717) is 22.2 Å². The van der Waals surface area contributed by atoms with Gasteiger partial charge in [-0.25, -0.2) is 10.4 Å². The first-order valence-corrected chi connectivity index (χ1v) is 14.8. The molecule has 0 saturated carbocycles. The van der Waals surface area contributed by atoms with Gasteiger partial charge in [0.05, 0.1) is 22.0 Å². The van der Waals surface area contributed by atoms with Crippen LogP contribution < -0.4 is 10.7 Å². The van der Waals surface area contributed by atoms with Crippen molar-refractivity contribution >= 4 is 68.4 Å². The Bertz CT molecular complexity index is 1910. The summed E-state index contributed by atoms with van der Waals surface area (Å²) in [7, 11) is 0. The molecule has 0 saturated heterocycles. The van der Waals surface area contributed by atoms with Crippen LogP contribution in [-0.2, 0) is 6.54 Å². The molecule has 2 aromatic heterocycles. The number of thiazole rings is 1. The largest absolute Gasteiger partial charge is 0.342 e. The molecule has 0 unspecified atom stereocenters. The Hall–Kier alpha value is -4.43. The smallest absolute Gasteiger partial charge is 0.271 e. The van der Waals surface area contributed by atoms with Crippen LogP contribution in [0.2, 0.25) is 10.0 Å². The highest BCUT2D eigenvalue weighted by Gasteiger charge is 2.10. The summed E-state index contributed by atoms with van der Waals surface area (Å²) >= 11 is 13.8. The molecule has 0 bridgehead atoms. The van der Waals surface area contributed by atoms with Crippen molar-refractivity contribution in [3.8, 4) is 11.3 Å². The second-order valence-corrected chi connectivity index (χ2v) is 11.5. The van der Waals surface area contributed by atoms with E-state index in [9.17, 15) is 4.79 Å². The van der Waals surface area contributed by atoms with Crippen LogP contribution in [0.5, 0.6) is 0 Å². The lowest BCUT2D eigenvalue weighted by atomic mass is 10.1. The lowest BCUT2D eigenvalue weighted by Gasteiger charge is -2.06. The number of anilines is 2. The van der Waals surface area contributed by atoms with Gasteiger partial charge >= 0.3 is 0 Å². The molecular formula is C33H25Cl2N5OS. The Morgan fingerprint density at radius 2 is 1.76 bits per heavy atom. The monoisotopic (exact) mass is 609 g/mol. The highest BCUT2D eigenvalue weighted by molar-refractivity contribution is 7.14. The first-order valence-electron chi connectivity index (χ1n) is 13.2. The number of hydrogen-bond acceptors (Lipinski definition) is 5. The van der Waals surface area contributed by atoms with Gasteiger partial charge in [0, 0.05) is 51.4 Å². The standard InChI is InChI=1S/C33H25Cl2N5OS/c1-21-6-13-26(14-7-21)37-33-38-30(20-42-33)23-9-11-24(12-10-23)32(41)39-36-17-25-19-40(31-5-3-2-4-27(25)31)18-22-8-15-28(34)29(35)16-22/h2-17,19-20H,18H2,1H3,(H,37,38)(H,39,41)/b36-17-. The third-order valence-electron chi connectivity index (χ3n) is 6.78. The number of nitrogens with one attached hydrogen (secondary N) is 2. The SMILES string of the molecule is Cc1ccc(Nc2nc(-c3ccc(C(=O)N/N=C\c4cn(Cc5ccc(Cl)c(Cl)c5)c5ccccc45)cc3)cs2)cc1. The van der Waals surface area contributed by atoms with E-state index in [1.807, 2.05) is 72.2 Å². The topological polar surface area (TPSA) is 71.3 Å². The zero-order valence-corrected chi connectivity index (χ0v) is 24.8. The van der Waals surface area contributed by atoms with Gasteiger partial charge in [0.25, 0.3) is 5.91 Å². The van der Waals surface area contributed by atoms with Crippen LogP contribution >= 0.6 is 34.5 Å². The summed E-state index contributed by atoms with van der Waals surface area (Å²) in [6.45, 7) is 2.68. The quantitative estimate of drug-likeness (QED) is 0.134. The normalized spacial score (nSPS) is 11.3. The summed E-state index contributed by atoms with van der Waals surface area (Å²) in [4.78, 5) is 17.5. The summed E-state index contributed by atoms with van der Waals surface area (Å²) in [5.74, 6) is -0.294. The molecule has 6 aromatic rings. The van der Waals surface area contributed by atoms with Crippen LogP contribution in [0.4, 0.5) is 10.8 Å². The fraction of sp³-hybridized carbons (Fsp3) is 0.0606. The van der Waals surface area contributed by atoms with Crippen LogP contribution in [-0.4, -0.2) is 21.7 Å². The summed E-state index contributed by atoms with van der Waals surface area (Å²) < 4.78 is 2.12. The van der Waals surface area contributed by atoms with E-state index in [1.165, 1.54) is 16.9 Å². The number of fused-ring (bicyclic) bond motifs is 1. The summed E-state index contributed by atoms with van der Waals surface area (Å²) in [6.07, 6.45) is 3.67. The van der Waals surface area contributed by atoms with Crippen LogP contribution in [0.25, 0.3) is 22.2 Å². The molecule has 4 aromatic carbocycles. The Kier molecular flexibility index (Phi) is 8.06. The van der Waals surface area contributed by atoms with E-state index < -0.39 is 0 Å². The molecule has 0 aliphatic heterocycles. The van der Waals surface area contributed by atoms with E-state index in [-0.39, 0.29) is 5.91 Å². The highest BCUT2D eigenvalue weighted by Crippen LogP contribution is 2.28. The zero-order chi connectivity index (χ0) is 29.1. The molecule has 0 spiro atoms. The number of aromatic nitrogens is 2. The van der Waals surface area contributed by atoms with Crippen molar-refractivity contribution < 1.29 is 4.79 Å². The van der Waals surface area contributed by atoms with Crippen molar-refractivity contribution in [3.05, 3.63) is 135 Å². The molecule has 42 heavy (non-hydrogen) atoms. The lowest BCUT2D eigenvalue weighted by Crippen LogP contribution is -2.17. The average molecular weight is 611 g/mol. The number of benzene rings is 4. The first kappa shape index (κ1) is 27.7. The van der Waals surface area contributed by atoms with Gasteiger partial charge < -0.3 is 9.88 Å². The minimum absolute atomic E-state index is 0.294. The number of hydrogen-bond donors (Lipinski definition) is 2. The second kappa shape index (κ2) is 12.2. The Labute approximate surface area is 257 Å². The number of aryl methyl sites for hydroxylation is 1. The number of carbonyl (C=O) groups excluding carboxylic acids is 1. The van der Waals surface area contributed by atoms with E-state index in [4.69, 9.17) is 23.2 Å². The van der Waals surface area contributed by atoms with Gasteiger partial charge in [0.1, 0.15) is 0 Å². The number of para-hydroxylation sites is 1.